The Labute approximate surface area is 237 Å². The van der Waals surface area contributed by atoms with E-state index >= 15 is 0 Å². The van der Waals surface area contributed by atoms with E-state index in [0.29, 0.717) is 36.5 Å². The van der Waals surface area contributed by atoms with Crippen LogP contribution in [0.3, 0.4) is 0 Å². The first-order valence-electron chi connectivity index (χ1n) is 13.7. The molecule has 2 aromatic heterocycles. The minimum atomic E-state index is -0.752. The quantitative estimate of drug-likeness (QED) is 0.241. The van der Waals surface area contributed by atoms with Gasteiger partial charge >= 0.3 is 5.97 Å². The fraction of sp³-hybridized carbons (Fsp3) is 0.212. The van der Waals surface area contributed by atoms with E-state index in [-0.39, 0.29) is 5.75 Å². The van der Waals surface area contributed by atoms with Crippen molar-refractivity contribution in [1.29, 1.82) is 0 Å². The second-order valence-electron chi connectivity index (χ2n) is 10.6. The minimum Gasteiger partial charge on any atom is -0.507 e. The van der Waals surface area contributed by atoms with Crippen molar-refractivity contribution in [2.75, 3.05) is 13.1 Å². The Bertz CT molecular complexity index is 1630. The molecule has 1 aliphatic heterocycles. The highest BCUT2D eigenvalue weighted by Gasteiger charge is 2.41. The number of likely N-dealkylation sites (tertiary alicyclic amines) is 1. The summed E-state index contributed by atoms with van der Waals surface area (Å²) in [5.41, 5.74) is 4.48. The van der Waals surface area contributed by atoms with Gasteiger partial charge in [-0.05, 0) is 73.3 Å². The number of piperidine rings is 1. The van der Waals surface area contributed by atoms with Crippen LogP contribution < -0.4 is 0 Å². The van der Waals surface area contributed by atoms with Gasteiger partial charge in [0, 0.05) is 35.6 Å². The SMILES string of the molecule is O=C(O)C1(Cc2cccnc2)CCN(Cc2ccc(-c3noc(-c4ccc(-c5ccccc5)c(O)c4)n3)cc2)CC1. The number of carboxylic acid groups (broad SMARTS) is 1. The smallest absolute Gasteiger partial charge is 0.310 e. The molecule has 1 fully saturated rings. The van der Waals surface area contributed by atoms with Crippen molar-refractivity contribution >= 4 is 5.97 Å². The minimum absolute atomic E-state index is 0.146. The van der Waals surface area contributed by atoms with Crippen LogP contribution in [0.25, 0.3) is 34.0 Å². The predicted molar refractivity (Wildman–Crippen MR) is 155 cm³/mol. The van der Waals surface area contributed by atoms with Crippen molar-refractivity contribution in [3.63, 3.8) is 0 Å². The Balaban J connectivity index is 1.09. The Morgan fingerprint density at radius 1 is 0.878 bits per heavy atom. The summed E-state index contributed by atoms with van der Waals surface area (Å²) in [6, 6.07) is 26.8. The van der Waals surface area contributed by atoms with Crippen molar-refractivity contribution < 1.29 is 19.5 Å². The fourth-order valence-corrected chi connectivity index (χ4v) is 5.50. The van der Waals surface area contributed by atoms with E-state index in [1.165, 1.54) is 0 Å². The Hall–Kier alpha value is -4.82. The summed E-state index contributed by atoms with van der Waals surface area (Å²) in [7, 11) is 0. The third-order valence-electron chi connectivity index (χ3n) is 7.91. The molecule has 206 valence electrons. The lowest BCUT2D eigenvalue weighted by Gasteiger charge is -2.39. The molecule has 8 nitrogen and oxygen atoms in total. The molecule has 0 amide bonds. The van der Waals surface area contributed by atoms with Crippen molar-refractivity contribution in [3.8, 4) is 39.7 Å². The van der Waals surface area contributed by atoms with Gasteiger partial charge in [-0.1, -0.05) is 65.8 Å². The van der Waals surface area contributed by atoms with Crippen LogP contribution in [-0.2, 0) is 17.8 Å². The van der Waals surface area contributed by atoms with Crippen molar-refractivity contribution in [2.45, 2.75) is 25.8 Å². The summed E-state index contributed by atoms with van der Waals surface area (Å²) >= 11 is 0. The standard InChI is InChI=1S/C33H30N4O4/c38-29-19-27(12-13-28(29)25-6-2-1-3-7-25)31-35-30(36-41-31)26-10-8-23(9-11-26)22-37-17-14-33(15-18-37,32(39)40)20-24-5-4-16-34-21-24/h1-13,16,19,21,38H,14-15,17-18,20,22H2,(H,39,40). The number of aromatic nitrogens is 3. The fourth-order valence-electron chi connectivity index (χ4n) is 5.50. The highest BCUT2D eigenvalue weighted by atomic mass is 16.5. The summed E-state index contributed by atoms with van der Waals surface area (Å²) in [6.07, 6.45) is 5.17. The van der Waals surface area contributed by atoms with E-state index < -0.39 is 11.4 Å². The van der Waals surface area contributed by atoms with Crippen molar-refractivity contribution in [2.24, 2.45) is 5.41 Å². The summed E-state index contributed by atoms with van der Waals surface area (Å²) in [5, 5.41) is 24.8. The molecule has 5 aromatic rings. The molecule has 0 unspecified atom stereocenters. The van der Waals surface area contributed by atoms with E-state index in [0.717, 1.165) is 47.5 Å². The van der Waals surface area contributed by atoms with Gasteiger partial charge in [-0.25, -0.2) is 0 Å². The molecule has 0 spiro atoms. The third-order valence-corrected chi connectivity index (χ3v) is 7.91. The second kappa shape index (κ2) is 11.3. The van der Waals surface area contributed by atoms with Crippen LogP contribution in [0, 0.1) is 5.41 Å². The lowest BCUT2D eigenvalue weighted by atomic mass is 9.74. The lowest BCUT2D eigenvalue weighted by molar-refractivity contribution is -0.152. The molecule has 41 heavy (non-hydrogen) atoms. The van der Waals surface area contributed by atoms with E-state index in [4.69, 9.17) is 4.52 Å². The van der Waals surface area contributed by atoms with Crippen LogP contribution in [0.2, 0.25) is 0 Å². The van der Waals surface area contributed by atoms with Crippen LogP contribution in [0.5, 0.6) is 5.75 Å². The first kappa shape index (κ1) is 26.4. The number of carboxylic acids is 1. The van der Waals surface area contributed by atoms with Crippen LogP contribution in [0.1, 0.15) is 24.0 Å². The van der Waals surface area contributed by atoms with Crippen molar-refractivity contribution in [3.05, 3.63) is 108 Å². The number of hydrogen-bond acceptors (Lipinski definition) is 7. The molecule has 1 aliphatic rings. The monoisotopic (exact) mass is 546 g/mol. The maximum Gasteiger partial charge on any atom is 0.310 e. The van der Waals surface area contributed by atoms with Gasteiger partial charge in [0.1, 0.15) is 5.75 Å². The number of aliphatic carboxylic acids is 1. The summed E-state index contributed by atoms with van der Waals surface area (Å²) < 4.78 is 5.51. The number of hydrogen-bond donors (Lipinski definition) is 2. The zero-order valence-electron chi connectivity index (χ0n) is 22.5. The van der Waals surface area contributed by atoms with Gasteiger partial charge in [0.05, 0.1) is 5.41 Å². The number of phenolic OH excluding ortho intramolecular Hbond substituents is 1. The number of carbonyl (C=O) groups is 1. The zero-order valence-corrected chi connectivity index (χ0v) is 22.5. The van der Waals surface area contributed by atoms with Gasteiger partial charge in [0.25, 0.3) is 5.89 Å². The Kier molecular flexibility index (Phi) is 7.31. The van der Waals surface area contributed by atoms with Crippen LogP contribution in [-0.4, -0.2) is 49.3 Å². The van der Waals surface area contributed by atoms with Gasteiger partial charge < -0.3 is 14.7 Å². The molecule has 0 aliphatic carbocycles. The molecule has 0 atom stereocenters. The van der Waals surface area contributed by atoms with Crippen molar-refractivity contribution in [1.82, 2.24) is 20.0 Å². The summed E-state index contributed by atoms with van der Waals surface area (Å²) in [4.78, 5) is 23.2. The molecular weight excluding hydrogens is 516 g/mol. The molecule has 3 aromatic carbocycles. The number of nitrogens with zero attached hydrogens (tertiary/aromatic N) is 4. The van der Waals surface area contributed by atoms with E-state index in [2.05, 4.69) is 20.0 Å². The van der Waals surface area contributed by atoms with Gasteiger partial charge in [-0.15, -0.1) is 0 Å². The molecule has 6 rings (SSSR count). The van der Waals surface area contributed by atoms with Crippen LogP contribution in [0.15, 0.2) is 102 Å². The molecule has 3 heterocycles. The normalized spacial score (nSPS) is 15.0. The Morgan fingerprint density at radius 3 is 2.32 bits per heavy atom. The molecule has 0 saturated carbocycles. The molecule has 0 bridgehead atoms. The highest BCUT2D eigenvalue weighted by Crippen LogP contribution is 2.36. The first-order chi connectivity index (χ1) is 20.0. The number of phenols is 1. The molecule has 0 radical (unpaired) electrons. The van der Waals surface area contributed by atoms with Crippen LogP contribution >= 0.6 is 0 Å². The number of benzene rings is 3. The third kappa shape index (κ3) is 5.73. The van der Waals surface area contributed by atoms with Gasteiger partial charge in [0.2, 0.25) is 5.82 Å². The molecule has 8 heteroatoms. The second-order valence-corrected chi connectivity index (χ2v) is 10.6. The van der Waals surface area contributed by atoms with E-state index in [1.807, 2.05) is 78.9 Å². The van der Waals surface area contributed by atoms with E-state index in [1.54, 1.807) is 18.5 Å². The topological polar surface area (TPSA) is 113 Å². The Morgan fingerprint density at radius 2 is 1.63 bits per heavy atom. The predicted octanol–water partition coefficient (Wildman–Crippen LogP) is 6.08. The first-order valence-corrected chi connectivity index (χ1v) is 13.7. The average Bonchev–Trinajstić information content (AvgIpc) is 3.50. The molecule has 2 N–H and O–H groups in total. The van der Waals surface area contributed by atoms with Crippen LogP contribution in [0.4, 0.5) is 0 Å². The van der Waals surface area contributed by atoms with Gasteiger partial charge in [-0.3, -0.25) is 14.7 Å². The highest BCUT2D eigenvalue weighted by molar-refractivity contribution is 5.75. The summed E-state index contributed by atoms with van der Waals surface area (Å²) in [5.74, 6) is 0.221. The largest absolute Gasteiger partial charge is 0.507 e. The zero-order chi connectivity index (χ0) is 28.2. The average molecular weight is 547 g/mol. The molecule has 1 saturated heterocycles. The maximum absolute atomic E-state index is 12.2. The number of pyridine rings is 1. The molecular formula is C33H30N4O4. The maximum atomic E-state index is 12.2. The van der Waals surface area contributed by atoms with Gasteiger partial charge in [-0.2, -0.15) is 4.98 Å². The van der Waals surface area contributed by atoms with E-state index in [9.17, 15) is 15.0 Å². The summed E-state index contributed by atoms with van der Waals surface area (Å²) in [6.45, 7) is 2.18. The number of aromatic hydroxyl groups is 1. The van der Waals surface area contributed by atoms with Gasteiger partial charge in [0.15, 0.2) is 0 Å². The lowest BCUT2D eigenvalue weighted by Crippen LogP contribution is -2.45. The number of rotatable bonds is 8.